The van der Waals surface area contributed by atoms with Gasteiger partial charge in [-0.3, -0.25) is 4.79 Å². The fraction of sp³-hybridized carbons (Fsp3) is 0.963. The van der Waals surface area contributed by atoms with Crippen LogP contribution in [0.2, 0.25) is 0 Å². The summed E-state index contributed by atoms with van der Waals surface area (Å²) in [7, 11) is 1.95. The smallest absolute Gasteiger partial charge is 0.311 e. The van der Waals surface area contributed by atoms with Gasteiger partial charge in [0.2, 0.25) is 0 Å². The van der Waals surface area contributed by atoms with Crippen molar-refractivity contribution < 1.29 is 34.3 Å². The molecule has 3 N–H and O–H groups in total. The fourth-order valence-corrected chi connectivity index (χ4v) is 6.03. The second kappa shape index (κ2) is 12.2. The number of hydrogen-bond donors (Lipinski definition) is 3. The molecule has 11 atom stereocenters. The van der Waals surface area contributed by atoms with Gasteiger partial charge in [0.05, 0.1) is 23.7 Å². The molecule has 2 heterocycles. The third-order valence-electron chi connectivity index (χ3n) is 7.93. The quantitative estimate of drug-likeness (QED) is 0.496. The van der Waals surface area contributed by atoms with Crippen molar-refractivity contribution in [3.05, 3.63) is 0 Å². The normalized spacial score (nSPS) is 48.0. The Kier molecular flexibility index (Phi) is 10.6. The van der Waals surface area contributed by atoms with Gasteiger partial charge in [-0.25, -0.2) is 0 Å². The molecular weight excluding hydrogens is 450 g/mol. The monoisotopic (exact) mass is 501 g/mol. The Balaban J connectivity index is 2.29. The van der Waals surface area contributed by atoms with Crippen LogP contribution in [-0.2, 0) is 19.0 Å². The Morgan fingerprint density at radius 2 is 1.63 bits per heavy atom. The van der Waals surface area contributed by atoms with Crippen LogP contribution in [0.4, 0.5) is 0 Å². The SMILES string of the molecule is CC1C[C@](C)(O)C[C@H](O[C@@H]2C(C)C(=O)OC[C@@](C)(O)[C@H](O)[C@@H](C)N(C)C[C@H](C)C[C@H](C)C[C@H]2C)O1. The molecule has 0 aromatic carbocycles. The molecule has 8 nitrogen and oxygen atoms in total. The maximum absolute atomic E-state index is 13.1. The molecule has 2 fully saturated rings. The number of carbonyl (C=O) groups is 1. The number of aliphatic hydroxyl groups is 3. The summed E-state index contributed by atoms with van der Waals surface area (Å²) in [6, 6.07) is -0.308. The van der Waals surface area contributed by atoms with E-state index in [-0.39, 0.29) is 24.7 Å². The number of cyclic esters (lactones) is 1. The Morgan fingerprint density at radius 3 is 2.23 bits per heavy atom. The molecule has 8 heteroatoms. The van der Waals surface area contributed by atoms with Crippen molar-refractivity contribution >= 4 is 5.97 Å². The Bertz CT molecular complexity index is 684. The molecule has 2 rings (SSSR count). The summed E-state index contributed by atoms with van der Waals surface area (Å²) in [4.78, 5) is 15.2. The highest BCUT2D eigenvalue weighted by atomic mass is 16.7. The molecule has 2 aliphatic rings. The first-order chi connectivity index (χ1) is 16.0. The predicted molar refractivity (Wildman–Crippen MR) is 135 cm³/mol. The third-order valence-corrected chi connectivity index (χ3v) is 7.93. The molecule has 0 saturated carbocycles. The van der Waals surface area contributed by atoms with Crippen molar-refractivity contribution in [3.8, 4) is 0 Å². The first kappa shape index (κ1) is 30.5. The number of likely N-dealkylation sites (N-methyl/N-ethyl adjacent to an activating group) is 1. The Labute approximate surface area is 212 Å². The summed E-state index contributed by atoms with van der Waals surface area (Å²) in [5, 5.41) is 32.5. The summed E-state index contributed by atoms with van der Waals surface area (Å²) in [6.07, 6.45) is 0.384. The van der Waals surface area contributed by atoms with Crippen molar-refractivity contribution in [3.63, 3.8) is 0 Å². The van der Waals surface area contributed by atoms with Crippen molar-refractivity contribution in [2.75, 3.05) is 20.2 Å². The van der Waals surface area contributed by atoms with Crippen molar-refractivity contribution in [2.45, 2.75) is 123 Å². The molecule has 206 valence electrons. The second-order valence-electron chi connectivity index (χ2n) is 12.4. The molecule has 0 aromatic rings. The van der Waals surface area contributed by atoms with Crippen LogP contribution in [0.25, 0.3) is 0 Å². The molecule has 0 aliphatic carbocycles. The predicted octanol–water partition coefficient (Wildman–Crippen LogP) is 2.96. The van der Waals surface area contributed by atoms with E-state index in [0.29, 0.717) is 24.7 Å². The molecule has 2 aliphatic heterocycles. The van der Waals surface area contributed by atoms with E-state index in [0.717, 1.165) is 19.4 Å². The second-order valence-corrected chi connectivity index (χ2v) is 12.4. The van der Waals surface area contributed by atoms with Crippen LogP contribution in [0.3, 0.4) is 0 Å². The van der Waals surface area contributed by atoms with E-state index in [9.17, 15) is 20.1 Å². The molecule has 0 aromatic heterocycles. The van der Waals surface area contributed by atoms with Crippen LogP contribution in [0.1, 0.15) is 81.1 Å². The first-order valence-electron chi connectivity index (χ1n) is 13.3. The highest BCUT2D eigenvalue weighted by Gasteiger charge is 2.42. The average Bonchev–Trinajstić information content (AvgIpc) is 2.71. The zero-order valence-electron chi connectivity index (χ0n) is 23.4. The van der Waals surface area contributed by atoms with E-state index in [2.05, 4.69) is 25.7 Å². The molecule has 2 unspecified atom stereocenters. The molecule has 0 bridgehead atoms. The topological polar surface area (TPSA) is 109 Å². The van der Waals surface area contributed by atoms with Crippen LogP contribution in [0.5, 0.6) is 0 Å². The lowest BCUT2D eigenvalue weighted by Crippen LogP contribution is -2.55. The van der Waals surface area contributed by atoms with Gasteiger partial charge in [0.1, 0.15) is 18.3 Å². The van der Waals surface area contributed by atoms with Gasteiger partial charge in [0.25, 0.3) is 0 Å². The average molecular weight is 502 g/mol. The summed E-state index contributed by atoms with van der Waals surface area (Å²) in [6.45, 7) is 15.8. The largest absolute Gasteiger partial charge is 0.462 e. The minimum atomic E-state index is -1.59. The summed E-state index contributed by atoms with van der Waals surface area (Å²) >= 11 is 0. The van der Waals surface area contributed by atoms with Gasteiger partial charge in [-0.1, -0.05) is 20.8 Å². The minimum Gasteiger partial charge on any atom is -0.462 e. The van der Waals surface area contributed by atoms with Crippen LogP contribution in [-0.4, -0.2) is 88.2 Å². The van der Waals surface area contributed by atoms with E-state index in [1.54, 1.807) is 13.8 Å². The minimum absolute atomic E-state index is 0.0402. The number of aliphatic hydroxyl groups excluding tert-OH is 1. The van der Waals surface area contributed by atoms with E-state index in [1.165, 1.54) is 6.92 Å². The van der Waals surface area contributed by atoms with Crippen LogP contribution in [0.15, 0.2) is 0 Å². The highest BCUT2D eigenvalue weighted by Crippen LogP contribution is 2.34. The zero-order chi connectivity index (χ0) is 26.7. The molecule has 2 saturated heterocycles. The number of hydrogen-bond acceptors (Lipinski definition) is 8. The van der Waals surface area contributed by atoms with E-state index in [4.69, 9.17) is 14.2 Å². The first-order valence-corrected chi connectivity index (χ1v) is 13.3. The van der Waals surface area contributed by atoms with Gasteiger partial charge in [-0.15, -0.1) is 0 Å². The lowest BCUT2D eigenvalue weighted by Gasteiger charge is -2.41. The lowest BCUT2D eigenvalue weighted by atomic mass is 9.83. The van der Waals surface area contributed by atoms with Crippen molar-refractivity contribution in [1.29, 1.82) is 0 Å². The summed E-state index contributed by atoms with van der Waals surface area (Å²) < 4.78 is 17.9. The summed E-state index contributed by atoms with van der Waals surface area (Å²) in [5.41, 5.74) is -2.49. The Hall–Kier alpha value is -0.770. The van der Waals surface area contributed by atoms with Crippen molar-refractivity contribution in [2.24, 2.45) is 23.7 Å². The highest BCUT2D eigenvalue weighted by molar-refractivity contribution is 5.72. The molecule has 0 radical (unpaired) electrons. The number of carbonyl (C=O) groups excluding carboxylic acids is 1. The number of ether oxygens (including phenoxy) is 3. The van der Waals surface area contributed by atoms with Gasteiger partial charge in [0, 0.05) is 25.4 Å². The maximum Gasteiger partial charge on any atom is 0.311 e. The molecule has 35 heavy (non-hydrogen) atoms. The number of nitrogens with zero attached hydrogens (tertiary/aromatic N) is 1. The molecular formula is C27H51NO7. The Morgan fingerprint density at radius 1 is 1.00 bits per heavy atom. The van der Waals surface area contributed by atoms with E-state index in [1.807, 2.05) is 20.9 Å². The summed E-state index contributed by atoms with van der Waals surface area (Å²) in [5.74, 6) is -0.274. The van der Waals surface area contributed by atoms with Gasteiger partial charge in [-0.05, 0) is 72.3 Å². The standard InChI is InChI=1S/C27H51NO7/c1-16-10-17(2)14-28(9)21(6)24(29)27(8,32)15-33-25(30)20(5)23(18(3)11-16)35-22-13-26(7,31)12-19(4)34-22/h16-24,29,31-32H,10-15H2,1-9H3/t16-,17+,18+,19?,20?,21+,22-,23-,24+,26-,27+/m0/s1. The molecule has 0 amide bonds. The zero-order valence-corrected chi connectivity index (χ0v) is 23.4. The van der Waals surface area contributed by atoms with Crippen LogP contribution < -0.4 is 0 Å². The van der Waals surface area contributed by atoms with Gasteiger partial charge in [0.15, 0.2) is 6.29 Å². The third kappa shape index (κ3) is 8.64. The van der Waals surface area contributed by atoms with Crippen molar-refractivity contribution in [1.82, 2.24) is 4.90 Å². The maximum atomic E-state index is 13.1. The van der Waals surface area contributed by atoms with Gasteiger partial charge < -0.3 is 34.4 Å². The van der Waals surface area contributed by atoms with Gasteiger partial charge >= 0.3 is 5.97 Å². The fourth-order valence-electron chi connectivity index (χ4n) is 6.03. The van der Waals surface area contributed by atoms with Crippen LogP contribution >= 0.6 is 0 Å². The van der Waals surface area contributed by atoms with Gasteiger partial charge in [-0.2, -0.15) is 0 Å². The molecule has 0 spiro atoms. The van der Waals surface area contributed by atoms with Crippen LogP contribution in [0, 0.1) is 23.7 Å². The number of esters is 1. The van der Waals surface area contributed by atoms with E-state index < -0.39 is 41.6 Å². The number of rotatable bonds is 2. The van der Waals surface area contributed by atoms with E-state index >= 15 is 0 Å². The lowest BCUT2D eigenvalue weighted by molar-refractivity contribution is -0.260.